The van der Waals surface area contributed by atoms with Crippen LogP contribution in [0.5, 0.6) is 5.75 Å². The number of halogens is 1. The van der Waals surface area contributed by atoms with E-state index in [1.165, 1.54) is 14.2 Å². The molecule has 1 aromatic rings. The third-order valence-corrected chi connectivity index (χ3v) is 4.91. The first kappa shape index (κ1) is 25.4. The minimum atomic E-state index is -0.423. The first-order valence-electron chi connectivity index (χ1n) is 9.44. The highest BCUT2D eigenvalue weighted by Crippen LogP contribution is 2.21. The standard InChI is InChI=1S/C20H32N4O4.HI/c1-20(2,24-8-10-28-11-9-24)14-23-19(21-3)22-13-15-6-7-17(26-4)16(12-15)18(25)27-5;/h6-7,12H,8-11,13-14H2,1-5H3,(H2,21,22,23);1H. The predicted octanol–water partition coefficient (Wildman–Crippen LogP) is 1.88. The second-order valence-corrected chi connectivity index (χ2v) is 7.22. The molecule has 164 valence electrons. The highest BCUT2D eigenvalue weighted by molar-refractivity contribution is 14.0. The highest BCUT2D eigenvalue weighted by Gasteiger charge is 2.28. The Kier molecular flexibility index (Phi) is 10.7. The number of hydrogen-bond acceptors (Lipinski definition) is 6. The quantitative estimate of drug-likeness (QED) is 0.246. The molecule has 0 bridgehead atoms. The van der Waals surface area contributed by atoms with Crippen LogP contribution in [0.2, 0.25) is 0 Å². The van der Waals surface area contributed by atoms with E-state index in [0.717, 1.165) is 38.4 Å². The van der Waals surface area contributed by atoms with Crippen LogP contribution < -0.4 is 15.4 Å². The summed E-state index contributed by atoms with van der Waals surface area (Å²) in [7, 11) is 4.63. The topological polar surface area (TPSA) is 84.4 Å². The summed E-state index contributed by atoms with van der Waals surface area (Å²) in [6.45, 7) is 9.11. The van der Waals surface area contributed by atoms with Gasteiger partial charge in [-0.3, -0.25) is 9.89 Å². The predicted molar refractivity (Wildman–Crippen MR) is 124 cm³/mol. The van der Waals surface area contributed by atoms with Crippen LogP contribution in [0.1, 0.15) is 29.8 Å². The maximum atomic E-state index is 11.9. The number of carbonyl (C=O) groups excluding carboxylic acids is 1. The van der Waals surface area contributed by atoms with E-state index in [0.29, 0.717) is 23.8 Å². The van der Waals surface area contributed by atoms with Crippen molar-refractivity contribution in [1.29, 1.82) is 0 Å². The normalized spacial score (nSPS) is 15.3. The minimum Gasteiger partial charge on any atom is -0.496 e. The fourth-order valence-electron chi connectivity index (χ4n) is 3.12. The fourth-order valence-corrected chi connectivity index (χ4v) is 3.12. The fraction of sp³-hybridized carbons (Fsp3) is 0.600. The lowest BCUT2D eigenvalue weighted by Crippen LogP contribution is -2.56. The van der Waals surface area contributed by atoms with Crippen LogP contribution in [0.3, 0.4) is 0 Å². The van der Waals surface area contributed by atoms with Crippen molar-refractivity contribution in [3.05, 3.63) is 29.3 Å². The molecule has 0 aliphatic carbocycles. The molecule has 2 N–H and O–H groups in total. The molecule has 0 radical (unpaired) electrons. The molecular weight excluding hydrogens is 487 g/mol. The smallest absolute Gasteiger partial charge is 0.341 e. The van der Waals surface area contributed by atoms with E-state index in [1.807, 2.05) is 6.07 Å². The van der Waals surface area contributed by atoms with Crippen LogP contribution in [-0.4, -0.2) is 76.5 Å². The monoisotopic (exact) mass is 520 g/mol. The zero-order chi connectivity index (χ0) is 20.6. The first-order valence-corrected chi connectivity index (χ1v) is 9.44. The number of guanidine groups is 1. The SMILES string of the molecule is CN=C(NCc1ccc(OC)c(C(=O)OC)c1)NCC(C)(C)N1CCOCC1.I. The van der Waals surface area contributed by atoms with Gasteiger partial charge in [0.25, 0.3) is 0 Å². The average molecular weight is 520 g/mol. The number of morpholine rings is 1. The summed E-state index contributed by atoms with van der Waals surface area (Å²) in [5.41, 5.74) is 1.32. The molecular formula is C20H33IN4O4. The van der Waals surface area contributed by atoms with Gasteiger partial charge in [-0.2, -0.15) is 0 Å². The second-order valence-electron chi connectivity index (χ2n) is 7.22. The summed E-state index contributed by atoms with van der Waals surface area (Å²) in [5.74, 6) is 0.774. The zero-order valence-electron chi connectivity index (χ0n) is 17.9. The van der Waals surface area contributed by atoms with Gasteiger partial charge in [-0.25, -0.2) is 4.79 Å². The highest BCUT2D eigenvalue weighted by atomic mass is 127. The molecule has 9 heteroatoms. The van der Waals surface area contributed by atoms with Crippen molar-refractivity contribution in [2.24, 2.45) is 4.99 Å². The molecule has 0 saturated carbocycles. The van der Waals surface area contributed by atoms with Crippen LogP contribution in [0, 0.1) is 0 Å². The van der Waals surface area contributed by atoms with E-state index in [9.17, 15) is 4.79 Å². The zero-order valence-corrected chi connectivity index (χ0v) is 20.2. The molecule has 0 unspecified atom stereocenters. The molecule has 1 fully saturated rings. The lowest BCUT2D eigenvalue weighted by Gasteiger charge is -2.41. The molecule has 0 aromatic heterocycles. The largest absolute Gasteiger partial charge is 0.496 e. The van der Waals surface area contributed by atoms with Crippen molar-refractivity contribution in [2.75, 3.05) is 54.1 Å². The van der Waals surface area contributed by atoms with Crippen molar-refractivity contribution >= 4 is 35.9 Å². The number of benzene rings is 1. The number of esters is 1. The maximum absolute atomic E-state index is 11.9. The summed E-state index contributed by atoms with van der Waals surface area (Å²) < 4.78 is 15.5. The molecule has 2 rings (SSSR count). The van der Waals surface area contributed by atoms with Crippen LogP contribution >= 0.6 is 24.0 Å². The molecule has 29 heavy (non-hydrogen) atoms. The van der Waals surface area contributed by atoms with Gasteiger partial charge in [0.1, 0.15) is 11.3 Å². The van der Waals surface area contributed by atoms with Gasteiger partial charge in [0.2, 0.25) is 0 Å². The van der Waals surface area contributed by atoms with Gasteiger partial charge in [-0.15, -0.1) is 24.0 Å². The Labute approximate surface area is 190 Å². The number of nitrogens with zero attached hydrogens (tertiary/aromatic N) is 2. The number of ether oxygens (including phenoxy) is 3. The van der Waals surface area contributed by atoms with Crippen molar-refractivity contribution in [3.8, 4) is 5.75 Å². The minimum absolute atomic E-state index is 0. The van der Waals surface area contributed by atoms with E-state index in [2.05, 4.69) is 34.4 Å². The Morgan fingerprint density at radius 3 is 2.52 bits per heavy atom. The van der Waals surface area contributed by atoms with Crippen molar-refractivity contribution in [1.82, 2.24) is 15.5 Å². The Balaban J connectivity index is 0.00000420. The van der Waals surface area contributed by atoms with E-state index < -0.39 is 5.97 Å². The Morgan fingerprint density at radius 1 is 1.24 bits per heavy atom. The van der Waals surface area contributed by atoms with Crippen LogP contribution in [-0.2, 0) is 16.0 Å². The van der Waals surface area contributed by atoms with Crippen LogP contribution in [0.25, 0.3) is 0 Å². The lowest BCUT2D eigenvalue weighted by molar-refractivity contribution is -0.00834. The van der Waals surface area contributed by atoms with Gasteiger partial charge in [-0.05, 0) is 31.5 Å². The summed E-state index contributed by atoms with van der Waals surface area (Å²) in [5, 5.41) is 6.67. The number of nitrogens with one attached hydrogen (secondary N) is 2. The van der Waals surface area contributed by atoms with E-state index >= 15 is 0 Å². The number of rotatable bonds is 7. The molecule has 0 atom stereocenters. The Morgan fingerprint density at radius 2 is 1.93 bits per heavy atom. The molecule has 1 saturated heterocycles. The third kappa shape index (κ3) is 7.31. The Bertz CT molecular complexity index is 691. The molecule has 0 spiro atoms. The van der Waals surface area contributed by atoms with Crippen LogP contribution in [0.4, 0.5) is 0 Å². The summed E-state index contributed by atoms with van der Waals surface area (Å²) in [6.07, 6.45) is 0. The molecule has 1 aliphatic heterocycles. The number of carbonyl (C=O) groups is 1. The average Bonchev–Trinajstić information content (AvgIpc) is 2.73. The van der Waals surface area contributed by atoms with E-state index in [4.69, 9.17) is 14.2 Å². The number of hydrogen-bond donors (Lipinski definition) is 2. The van der Waals surface area contributed by atoms with Gasteiger partial charge in [0, 0.05) is 38.8 Å². The van der Waals surface area contributed by atoms with Crippen molar-refractivity contribution in [3.63, 3.8) is 0 Å². The van der Waals surface area contributed by atoms with Gasteiger partial charge in [0.05, 0.1) is 27.4 Å². The maximum Gasteiger partial charge on any atom is 0.341 e. The summed E-state index contributed by atoms with van der Waals surface area (Å²) >= 11 is 0. The molecule has 1 aliphatic rings. The Hall–Kier alpha value is -1.59. The van der Waals surface area contributed by atoms with E-state index in [-0.39, 0.29) is 29.5 Å². The van der Waals surface area contributed by atoms with Gasteiger partial charge < -0.3 is 24.8 Å². The van der Waals surface area contributed by atoms with Crippen molar-refractivity contribution < 1.29 is 19.0 Å². The second kappa shape index (κ2) is 12.2. The van der Waals surface area contributed by atoms with Crippen LogP contribution in [0.15, 0.2) is 23.2 Å². The number of aliphatic imine (C=N–C) groups is 1. The van der Waals surface area contributed by atoms with Gasteiger partial charge in [-0.1, -0.05) is 6.07 Å². The molecule has 8 nitrogen and oxygen atoms in total. The lowest BCUT2D eigenvalue weighted by atomic mass is 10.0. The molecule has 1 heterocycles. The van der Waals surface area contributed by atoms with Gasteiger partial charge >= 0.3 is 5.97 Å². The van der Waals surface area contributed by atoms with Gasteiger partial charge in [0.15, 0.2) is 5.96 Å². The molecule has 1 aromatic carbocycles. The first-order chi connectivity index (χ1) is 13.4. The summed E-state index contributed by atoms with van der Waals surface area (Å²) in [6, 6.07) is 5.44. The van der Waals surface area contributed by atoms with E-state index in [1.54, 1.807) is 19.2 Å². The number of methoxy groups -OCH3 is 2. The summed E-state index contributed by atoms with van der Waals surface area (Å²) in [4.78, 5) is 18.6. The molecule has 0 amide bonds. The third-order valence-electron chi connectivity index (χ3n) is 4.91. The van der Waals surface area contributed by atoms with Crippen molar-refractivity contribution in [2.45, 2.75) is 25.9 Å².